The van der Waals surface area contributed by atoms with Crippen LogP contribution < -0.4 is 0 Å². The van der Waals surface area contributed by atoms with Gasteiger partial charge in [0.1, 0.15) is 5.65 Å². The Morgan fingerprint density at radius 2 is 1.05 bits per heavy atom. The van der Waals surface area contributed by atoms with Gasteiger partial charge >= 0.3 is 0 Å². The average Bonchev–Trinajstić information content (AvgIpc) is 3.44. The van der Waals surface area contributed by atoms with E-state index in [9.17, 15) is 0 Å². The van der Waals surface area contributed by atoms with E-state index in [1.54, 1.807) is 0 Å². The van der Waals surface area contributed by atoms with Crippen molar-refractivity contribution in [1.29, 1.82) is 0 Å². The van der Waals surface area contributed by atoms with Crippen LogP contribution in [0.5, 0.6) is 0 Å². The van der Waals surface area contributed by atoms with E-state index in [-0.39, 0.29) is 0 Å². The zero-order valence-electron chi connectivity index (χ0n) is 22.3. The standard InChI is InChI=1S/C39H24N2/c1-2-10-27-22-30(17-16-25(27)8-1)28-11-7-12-29(23-28)31-19-20-33-37(24-31)41-36-15-6-5-14-35(36)40-39(41)34-21-18-26-9-3-4-13-32(26)38(33)34/h1-24H. The molecular weight excluding hydrogens is 496 g/mol. The second kappa shape index (κ2) is 8.51. The number of imidazole rings is 1. The Kier molecular flexibility index (Phi) is 4.64. The minimum atomic E-state index is 1.00. The van der Waals surface area contributed by atoms with Crippen LogP contribution in [0.3, 0.4) is 0 Å². The summed E-state index contributed by atoms with van der Waals surface area (Å²) in [5.74, 6) is 0. The fourth-order valence-electron chi connectivity index (χ4n) is 6.55. The predicted octanol–water partition coefficient (Wildman–Crippen LogP) is 10.4. The van der Waals surface area contributed by atoms with Gasteiger partial charge in [-0.15, -0.1) is 0 Å². The van der Waals surface area contributed by atoms with Crippen molar-refractivity contribution in [2.45, 2.75) is 0 Å². The van der Waals surface area contributed by atoms with Crippen LogP contribution in [0.15, 0.2) is 146 Å². The summed E-state index contributed by atoms with van der Waals surface area (Å²) in [7, 11) is 0. The number of aromatic nitrogens is 2. The highest BCUT2D eigenvalue weighted by atomic mass is 15.0. The van der Waals surface area contributed by atoms with E-state index in [0.717, 1.165) is 16.7 Å². The maximum Gasteiger partial charge on any atom is 0.146 e. The van der Waals surface area contributed by atoms with Crippen LogP contribution in [0, 0.1) is 0 Å². The van der Waals surface area contributed by atoms with Crippen LogP contribution in [0.2, 0.25) is 0 Å². The largest absolute Gasteiger partial charge is 0.292 e. The molecule has 0 N–H and O–H groups in total. The highest BCUT2D eigenvalue weighted by Gasteiger charge is 2.16. The van der Waals surface area contributed by atoms with Crippen LogP contribution >= 0.6 is 0 Å². The lowest BCUT2D eigenvalue weighted by Crippen LogP contribution is -1.93. The van der Waals surface area contributed by atoms with E-state index in [1.807, 2.05) is 0 Å². The van der Waals surface area contributed by atoms with Crippen LogP contribution in [-0.4, -0.2) is 9.38 Å². The summed E-state index contributed by atoms with van der Waals surface area (Å²) < 4.78 is 2.35. The molecule has 0 radical (unpaired) electrons. The molecule has 0 aliphatic rings. The molecule has 0 bridgehead atoms. The third-order valence-corrected chi connectivity index (χ3v) is 8.52. The molecule has 0 aliphatic carbocycles. The Morgan fingerprint density at radius 1 is 0.390 bits per heavy atom. The lowest BCUT2D eigenvalue weighted by molar-refractivity contribution is 1.32. The average molecular weight is 521 g/mol. The maximum atomic E-state index is 5.14. The van der Waals surface area contributed by atoms with Crippen molar-refractivity contribution >= 4 is 59.9 Å². The first-order chi connectivity index (χ1) is 20.3. The molecule has 2 nitrogen and oxygen atoms in total. The molecule has 2 aromatic heterocycles. The number of pyridine rings is 1. The van der Waals surface area contributed by atoms with Gasteiger partial charge in [0.15, 0.2) is 0 Å². The van der Waals surface area contributed by atoms with E-state index in [0.29, 0.717) is 0 Å². The van der Waals surface area contributed by atoms with Gasteiger partial charge in [-0.05, 0) is 80.2 Å². The van der Waals surface area contributed by atoms with Gasteiger partial charge in [-0.2, -0.15) is 0 Å². The minimum absolute atomic E-state index is 1.00. The third-order valence-electron chi connectivity index (χ3n) is 8.52. The van der Waals surface area contributed by atoms with E-state index >= 15 is 0 Å². The fourth-order valence-corrected chi connectivity index (χ4v) is 6.55. The van der Waals surface area contributed by atoms with Crippen LogP contribution in [0.1, 0.15) is 0 Å². The molecule has 0 amide bonds. The first-order valence-electron chi connectivity index (χ1n) is 14.1. The first-order valence-corrected chi connectivity index (χ1v) is 14.1. The Balaban J connectivity index is 1.33. The van der Waals surface area contributed by atoms with Crippen LogP contribution in [-0.2, 0) is 0 Å². The molecule has 0 aliphatic heterocycles. The second-order valence-corrected chi connectivity index (χ2v) is 10.8. The SMILES string of the molecule is c1cc(-c2ccc3ccccc3c2)cc(-c2ccc3c4c5ccccc5ccc4c4nc5ccccc5n4c3c2)c1. The summed E-state index contributed by atoms with van der Waals surface area (Å²) in [6, 6.07) is 52.6. The monoisotopic (exact) mass is 520 g/mol. The quantitative estimate of drug-likeness (QED) is 0.207. The fraction of sp³-hybridized carbons (Fsp3) is 0. The molecule has 9 rings (SSSR count). The Labute approximate surface area is 236 Å². The van der Waals surface area contributed by atoms with Gasteiger partial charge < -0.3 is 0 Å². The van der Waals surface area contributed by atoms with Gasteiger partial charge in [-0.1, -0.05) is 109 Å². The Hall–Kier alpha value is -5.47. The number of hydrogen-bond acceptors (Lipinski definition) is 1. The third kappa shape index (κ3) is 3.34. The molecule has 0 fully saturated rings. The number of hydrogen-bond donors (Lipinski definition) is 0. The lowest BCUT2D eigenvalue weighted by Gasteiger charge is -2.14. The number of benzene rings is 7. The summed E-state index contributed by atoms with van der Waals surface area (Å²) in [6.45, 7) is 0. The predicted molar refractivity (Wildman–Crippen MR) is 174 cm³/mol. The van der Waals surface area contributed by atoms with E-state index in [4.69, 9.17) is 4.98 Å². The summed E-state index contributed by atoms with van der Waals surface area (Å²) in [5.41, 5.74) is 9.16. The smallest absolute Gasteiger partial charge is 0.146 e. The lowest BCUT2D eigenvalue weighted by atomic mass is 9.95. The summed E-state index contributed by atoms with van der Waals surface area (Å²) in [5, 5.41) is 8.70. The van der Waals surface area contributed by atoms with Gasteiger partial charge in [-0.25, -0.2) is 4.98 Å². The molecule has 0 atom stereocenters. The van der Waals surface area contributed by atoms with Gasteiger partial charge in [0.2, 0.25) is 0 Å². The molecule has 9 aromatic rings. The minimum Gasteiger partial charge on any atom is -0.292 e. The van der Waals surface area contributed by atoms with E-state index in [2.05, 4.69) is 150 Å². The van der Waals surface area contributed by atoms with Crippen molar-refractivity contribution in [2.24, 2.45) is 0 Å². The Bertz CT molecular complexity index is 2480. The van der Waals surface area contributed by atoms with E-state index in [1.165, 1.54) is 65.5 Å². The normalized spacial score (nSPS) is 11.9. The molecule has 0 unspecified atom stereocenters. The van der Waals surface area contributed by atoms with Crippen molar-refractivity contribution in [2.75, 3.05) is 0 Å². The van der Waals surface area contributed by atoms with Crippen molar-refractivity contribution in [3.8, 4) is 22.3 Å². The molecule has 2 heteroatoms. The van der Waals surface area contributed by atoms with Crippen molar-refractivity contribution < 1.29 is 0 Å². The summed E-state index contributed by atoms with van der Waals surface area (Å²) >= 11 is 0. The number of rotatable bonds is 2. The van der Waals surface area contributed by atoms with Gasteiger partial charge in [-0.3, -0.25) is 4.40 Å². The first kappa shape index (κ1) is 22.4. The molecule has 2 heterocycles. The molecule has 190 valence electrons. The van der Waals surface area contributed by atoms with Crippen LogP contribution in [0.25, 0.3) is 82.2 Å². The van der Waals surface area contributed by atoms with Gasteiger partial charge in [0.25, 0.3) is 0 Å². The zero-order chi connectivity index (χ0) is 26.9. The topological polar surface area (TPSA) is 17.3 Å². The number of para-hydroxylation sites is 2. The highest BCUT2D eigenvalue weighted by Crippen LogP contribution is 2.38. The van der Waals surface area contributed by atoms with Crippen molar-refractivity contribution in [1.82, 2.24) is 9.38 Å². The molecular formula is C39H24N2. The Morgan fingerprint density at radius 3 is 1.95 bits per heavy atom. The molecule has 41 heavy (non-hydrogen) atoms. The molecule has 0 saturated heterocycles. The van der Waals surface area contributed by atoms with Crippen LogP contribution in [0.4, 0.5) is 0 Å². The molecule has 0 spiro atoms. The summed E-state index contributed by atoms with van der Waals surface area (Å²) in [4.78, 5) is 5.14. The number of fused-ring (bicyclic) bond motifs is 11. The highest BCUT2D eigenvalue weighted by molar-refractivity contribution is 6.24. The van der Waals surface area contributed by atoms with Gasteiger partial charge in [0, 0.05) is 16.2 Å². The number of nitrogens with zero attached hydrogens (tertiary/aromatic N) is 2. The second-order valence-electron chi connectivity index (χ2n) is 10.8. The van der Waals surface area contributed by atoms with Crippen molar-refractivity contribution in [3.05, 3.63) is 146 Å². The molecule has 7 aromatic carbocycles. The zero-order valence-corrected chi connectivity index (χ0v) is 22.3. The van der Waals surface area contributed by atoms with Gasteiger partial charge in [0.05, 0.1) is 16.6 Å². The summed E-state index contributed by atoms with van der Waals surface area (Å²) in [6.07, 6.45) is 0. The van der Waals surface area contributed by atoms with E-state index < -0.39 is 0 Å². The van der Waals surface area contributed by atoms with Crippen molar-refractivity contribution in [3.63, 3.8) is 0 Å². The maximum absolute atomic E-state index is 5.14. The molecule has 0 saturated carbocycles.